The van der Waals surface area contributed by atoms with E-state index in [-0.39, 0.29) is 0 Å². The summed E-state index contributed by atoms with van der Waals surface area (Å²) in [6.07, 6.45) is 0. The Labute approximate surface area is 311 Å². The summed E-state index contributed by atoms with van der Waals surface area (Å²) < 4.78 is 8.74. The van der Waals surface area contributed by atoms with Gasteiger partial charge in [0, 0.05) is 16.8 Å². The highest BCUT2D eigenvalue weighted by Gasteiger charge is 2.23. The molecule has 4 nitrogen and oxygen atoms in total. The number of hydrogen-bond donors (Lipinski definition) is 0. The quantitative estimate of drug-likeness (QED) is 0.169. The average molecular weight is 690 g/mol. The summed E-state index contributed by atoms with van der Waals surface area (Å²) in [5.41, 5.74) is 11.3. The van der Waals surface area contributed by atoms with Crippen LogP contribution in [0.2, 0.25) is 0 Å². The van der Waals surface area contributed by atoms with Crippen molar-refractivity contribution in [2.75, 3.05) is 0 Å². The normalized spacial score (nSPS) is 11.7. The Morgan fingerprint density at radius 3 is 1.74 bits per heavy atom. The second-order valence-electron chi connectivity index (χ2n) is 13.7. The molecule has 9 aromatic carbocycles. The van der Waals surface area contributed by atoms with Crippen LogP contribution in [-0.4, -0.2) is 14.5 Å². The Kier molecular flexibility index (Phi) is 6.82. The molecule has 0 N–H and O–H groups in total. The van der Waals surface area contributed by atoms with E-state index in [1.165, 1.54) is 10.8 Å². The van der Waals surface area contributed by atoms with Crippen LogP contribution in [0.5, 0.6) is 0 Å². The van der Waals surface area contributed by atoms with Gasteiger partial charge in [-0.15, -0.1) is 0 Å². The molecule has 0 spiro atoms. The maximum atomic E-state index is 6.44. The second kappa shape index (κ2) is 12.1. The molecule has 54 heavy (non-hydrogen) atoms. The fourth-order valence-corrected chi connectivity index (χ4v) is 8.24. The monoisotopic (exact) mass is 689 g/mol. The van der Waals surface area contributed by atoms with Crippen molar-refractivity contribution in [1.29, 1.82) is 0 Å². The molecule has 0 unspecified atom stereocenters. The number of fused-ring (bicyclic) bond motifs is 5. The Balaban J connectivity index is 1.24. The van der Waals surface area contributed by atoms with E-state index in [0.29, 0.717) is 5.89 Å². The molecule has 0 fully saturated rings. The summed E-state index contributed by atoms with van der Waals surface area (Å²) in [6.45, 7) is 0. The van der Waals surface area contributed by atoms with Gasteiger partial charge in [0.25, 0.3) is 0 Å². The fourth-order valence-electron chi connectivity index (χ4n) is 8.24. The zero-order valence-electron chi connectivity index (χ0n) is 29.1. The Morgan fingerprint density at radius 1 is 0.407 bits per heavy atom. The van der Waals surface area contributed by atoms with E-state index < -0.39 is 0 Å². The van der Waals surface area contributed by atoms with Crippen LogP contribution in [0.1, 0.15) is 0 Å². The Morgan fingerprint density at radius 2 is 0.981 bits per heavy atom. The van der Waals surface area contributed by atoms with E-state index in [9.17, 15) is 0 Å². The van der Waals surface area contributed by atoms with Gasteiger partial charge >= 0.3 is 0 Å². The van der Waals surface area contributed by atoms with Gasteiger partial charge in [-0.2, -0.15) is 0 Å². The van der Waals surface area contributed by atoms with Crippen molar-refractivity contribution >= 4 is 54.5 Å². The first-order valence-corrected chi connectivity index (χ1v) is 18.2. The topological polar surface area (TPSA) is 43.9 Å². The van der Waals surface area contributed by atoms with Crippen molar-refractivity contribution in [3.05, 3.63) is 188 Å². The van der Waals surface area contributed by atoms with Crippen LogP contribution < -0.4 is 0 Å². The smallest absolute Gasteiger partial charge is 0.227 e. The average Bonchev–Trinajstić information content (AvgIpc) is 3.85. The number of hydrogen-bond acceptors (Lipinski definition) is 3. The molecule has 0 aliphatic heterocycles. The van der Waals surface area contributed by atoms with Crippen molar-refractivity contribution in [2.24, 2.45) is 0 Å². The summed E-state index contributed by atoms with van der Waals surface area (Å²) in [4.78, 5) is 10.3. The third-order valence-electron chi connectivity index (χ3n) is 10.6. The Bertz CT molecular complexity index is 3130. The van der Waals surface area contributed by atoms with Crippen molar-refractivity contribution < 1.29 is 4.42 Å². The number of rotatable bonds is 5. The summed E-state index contributed by atoms with van der Waals surface area (Å²) in [7, 11) is 0. The fraction of sp³-hybridized carbons (Fsp3) is 0. The van der Waals surface area contributed by atoms with E-state index in [4.69, 9.17) is 14.4 Å². The maximum absolute atomic E-state index is 6.44. The number of imidazole rings is 1. The number of oxazole rings is 1. The zero-order chi connectivity index (χ0) is 35.6. The molecular formula is C50H31N3O. The molecule has 11 rings (SSSR count). The van der Waals surface area contributed by atoms with E-state index in [0.717, 1.165) is 88.6 Å². The molecule has 0 aliphatic rings. The van der Waals surface area contributed by atoms with Crippen LogP contribution in [0.3, 0.4) is 0 Å². The van der Waals surface area contributed by atoms with Crippen LogP contribution in [-0.2, 0) is 0 Å². The molecule has 2 heterocycles. The molecular weight excluding hydrogens is 659 g/mol. The van der Waals surface area contributed by atoms with Gasteiger partial charge in [-0.05, 0) is 109 Å². The van der Waals surface area contributed by atoms with E-state index in [2.05, 4.69) is 168 Å². The maximum Gasteiger partial charge on any atom is 0.227 e. The molecule has 0 radical (unpaired) electrons. The van der Waals surface area contributed by atoms with Crippen molar-refractivity contribution in [2.45, 2.75) is 0 Å². The highest BCUT2D eigenvalue weighted by atomic mass is 16.3. The zero-order valence-corrected chi connectivity index (χ0v) is 29.1. The number of para-hydroxylation sites is 5. The van der Waals surface area contributed by atoms with Gasteiger partial charge in [-0.1, -0.05) is 133 Å². The summed E-state index contributed by atoms with van der Waals surface area (Å²) in [5, 5.41) is 6.97. The van der Waals surface area contributed by atoms with E-state index in [1.54, 1.807) is 0 Å². The van der Waals surface area contributed by atoms with Gasteiger partial charge < -0.3 is 4.42 Å². The molecule has 0 aliphatic carbocycles. The number of nitrogens with zero attached hydrogens (tertiary/aromatic N) is 3. The SMILES string of the molecule is c1ccc(-n2c(-c3c4ccccc4c(-c4cc(-c5nc6ccccc6o5)cc(-c5cccc6ccccc56)c4)c4ccccc34)nc3ccccc32)cc1. The lowest BCUT2D eigenvalue weighted by Crippen LogP contribution is -1.99. The number of benzene rings is 9. The van der Waals surface area contributed by atoms with E-state index >= 15 is 0 Å². The minimum atomic E-state index is 0.598. The summed E-state index contributed by atoms with van der Waals surface area (Å²) in [5.74, 6) is 1.51. The van der Waals surface area contributed by atoms with Gasteiger partial charge in [0.1, 0.15) is 11.3 Å². The predicted molar refractivity (Wildman–Crippen MR) is 223 cm³/mol. The molecule has 0 amide bonds. The van der Waals surface area contributed by atoms with Crippen LogP contribution in [0.15, 0.2) is 192 Å². The van der Waals surface area contributed by atoms with Crippen molar-refractivity contribution in [3.63, 3.8) is 0 Å². The molecule has 2 aromatic heterocycles. The van der Waals surface area contributed by atoms with Gasteiger partial charge in [-0.3, -0.25) is 4.57 Å². The second-order valence-corrected chi connectivity index (χ2v) is 13.7. The van der Waals surface area contributed by atoms with Crippen molar-refractivity contribution in [3.8, 4) is 50.8 Å². The number of aromatic nitrogens is 3. The first kappa shape index (κ1) is 30.3. The molecule has 0 saturated heterocycles. The molecule has 0 bridgehead atoms. The third kappa shape index (κ3) is 4.78. The molecule has 11 aromatic rings. The van der Waals surface area contributed by atoms with Crippen molar-refractivity contribution in [1.82, 2.24) is 14.5 Å². The lowest BCUT2D eigenvalue weighted by Gasteiger charge is -2.19. The van der Waals surface area contributed by atoms with Crippen LogP contribution >= 0.6 is 0 Å². The highest BCUT2D eigenvalue weighted by Crippen LogP contribution is 2.46. The van der Waals surface area contributed by atoms with Gasteiger partial charge in [0.15, 0.2) is 5.58 Å². The van der Waals surface area contributed by atoms with Gasteiger partial charge in [0.2, 0.25) is 5.89 Å². The largest absolute Gasteiger partial charge is 0.436 e. The standard InChI is InChI=1S/C50H31N3O/c1-2-17-36(18-3-1)53-45-27-12-10-25-43(45)51-49(53)48-41-22-8-6-20-39(41)47(40-21-7-9-23-42(40)48)34-29-33(38-24-14-16-32-15-4-5-19-37(32)38)30-35(31-34)50-52-44-26-11-13-28-46(44)54-50/h1-31H. The van der Waals surface area contributed by atoms with Crippen LogP contribution in [0, 0.1) is 0 Å². The third-order valence-corrected chi connectivity index (χ3v) is 10.6. The van der Waals surface area contributed by atoms with Gasteiger partial charge in [-0.25, -0.2) is 9.97 Å². The molecule has 4 heteroatoms. The predicted octanol–water partition coefficient (Wildman–Crippen LogP) is 13.3. The first-order valence-electron chi connectivity index (χ1n) is 18.2. The molecule has 0 saturated carbocycles. The van der Waals surface area contributed by atoms with Crippen LogP contribution in [0.25, 0.3) is 105 Å². The first-order chi connectivity index (χ1) is 26.8. The minimum absolute atomic E-state index is 0.598. The highest BCUT2D eigenvalue weighted by molar-refractivity contribution is 6.21. The lowest BCUT2D eigenvalue weighted by atomic mass is 9.86. The molecule has 252 valence electrons. The minimum Gasteiger partial charge on any atom is -0.436 e. The van der Waals surface area contributed by atoms with E-state index in [1.807, 2.05) is 24.3 Å². The van der Waals surface area contributed by atoms with Gasteiger partial charge in [0.05, 0.1) is 11.0 Å². The summed E-state index contributed by atoms with van der Waals surface area (Å²) in [6, 6.07) is 66.4. The lowest BCUT2D eigenvalue weighted by molar-refractivity contribution is 0.620. The molecule has 0 atom stereocenters. The van der Waals surface area contributed by atoms with Crippen LogP contribution in [0.4, 0.5) is 0 Å². The summed E-state index contributed by atoms with van der Waals surface area (Å²) >= 11 is 0. The Hall–Kier alpha value is -7.30.